The Kier molecular flexibility index (Phi) is 4.15. The van der Waals surface area contributed by atoms with Crippen LogP contribution in [0.2, 0.25) is 0 Å². The summed E-state index contributed by atoms with van der Waals surface area (Å²) in [6, 6.07) is 14.6. The van der Waals surface area contributed by atoms with E-state index in [1.165, 1.54) is 17.7 Å². The van der Waals surface area contributed by atoms with E-state index in [1.807, 2.05) is 11.8 Å². The molecular formula is C19H19NO3. The maximum Gasteiger partial charge on any atom is 0.335 e. The summed E-state index contributed by atoms with van der Waals surface area (Å²) in [6.45, 7) is 2.74. The van der Waals surface area contributed by atoms with E-state index < -0.39 is 5.97 Å². The Hall–Kier alpha value is -2.62. The first kappa shape index (κ1) is 15.3. The van der Waals surface area contributed by atoms with Crippen LogP contribution in [0.3, 0.4) is 0 Å². The van der Waals surface area contributed by atoms with Gasteiger partial charge in [-0.3, -0.25) is 4.79 Å². The van der Waals surface area contributed by atoms with Crippen LogP contribution in [0.15, 0.2) is 48.5 Å². The fourth-order valence-electron chi connectivity index (χ4n) is 3.10. The Morgan fingerprint density at radius 1 is 1.09 bits per heavy atom. The molecule has 0 aliphatic carbocycles. The second kappa shape index (κ2) is 6.24. The van der Waals surface area contributed by atoms with Crippen LogP contribution < -0.4 is 0 Å². The molecule has 1 aliphatic rings. The van der Waals surface area contributed by atoms with Gasteiger partial charge >= 0.3 is 5.97 Å². The van der Waals surface area contributed by atoms with Gasteiger partial charge in [-0.15, -0.1) is 0 Å². The smallest absolute Gasteiger partial charge is 0.335 e. The number of carboxylic acid groups (broad SMARTS) is 1. The highest BCUT2D eigenvalue weighted by molar-refractivity contribution is 5.97. The molecule has 0 bridgehead atoms. The lowest BCUT2D eigenvalue weighted by molar-refractivity contribution is 0.0697. The SMILES string of the molecule is Cc1ccc(C2CCCN2C(=O)c2cccc(C(=O)O)c2)cc1. The van der Waals surface area contributed by atoms with E-state index in [4.69, 9.17) is 5.11 Å². The summed E-state index contributed by atoms with van der Waals surface area (Å²) in [5.74, 6) is -1.12. The average Bonchev–Trinajstić information content (AvgIpc) is 3.04. The standard InChI is InChI=1S/C19H19NO3/c1-13-7-9-14(10-8-13)17-6-3-11-20(17)18(21)15-4-2-5-16(12-15)19(22)23/h2,4-5,7-10,12,17H,3,6,11H2,1H3,(H,22,23). The topological polar surface area (TPSA) is 57.6 Å². The first-order valence-corrected chi connectivity index (χ1v) is 7.77. The minimum Gasteiger partial charge on any atom is -0.478 e. The minimum absolute atomic E-state index is 0.0663. The van der Waals surface area contributed by atoms with E-state index in [2.05, 4.69) is 24.3 Å². The number of hydrogen-bond donors (Lipinski definition) is 1. The quantitative estimate of drug-likeness (QED) is 0.941. The molecule has 4 nitrogen and oxygen atoms in total. The maximum atomic E-state index is 12.8. The molecule has 1 N–H and O–H groups in total. The molecule has 0 saturated carbocycles. The number of carbonyl (C=O) groups excluding carboxylic acids is 1. The van der Waals surface area contributed by atoms with Crippen molar-refractivity contribution in [3.63, 3.8) is 0 Å². The Morgan fingerprint density at radius 3 is 2.48 bits per heavy atom. The molecule has 3 rings (SSSR count). The summed E-state index contributed by atoms with van der Waals surface area (Å²) < 4.78 is 0. The highest BCUT2D eigenvalue weighted by Crippen LogP contribution is 2.33. The third-order valence-corrected chi connectivity index (χ3v) is 4.33. The summed E-state index contributed by atoms with van der Waals surface area (Å²) >= 11 is 0. The van der Waals surface area contributed by atoms with E-state index >= 15 is 0 Å². The Bertz CT molecular complexity index is 737. The van der Waals surface area contributed by atoms with Crippen molar-refractivity contribution in [2.24, 2.45) is 0 Å². The van der Waals surface area contributed by atoms with Crippen molar-refractivity contribution in [3.8, 4) is 0 Å². The number of carboxylic acids is 1. The van der Waals surface area contributed by atoms with Crippen LogP contribution in [0, 0.1) is 6.92 Å². The number of carbonyl (C=O) groups is 2. The van der Waals surface area contributed by atoms with Gasteiger partial charge in [0.15, 0.2) is 0 Å². The molecular weight excluding hydrogens is 290 g/mol. The van der Waals surface area contributed by atoms with Gasteiger partial charge in [-0.05, 0) is 43.5 Å². The molecule has 0 radical (unpaired) electrons. The van der Waals surface area contributed by atoms with Gasteiger partial charge in [0, 0.05) is 12.1 Å². The van der Waals surface area contributed by atoms with Gasteiger partial charge in [-0.2, -0.15) is 0 Å². The first-order valence-electron chi connectivity index (χ1n) is 7.77. The van der Waals surface area contributed by atoms with Crippen LogP contribution in [0.25, 0.3) is 0 Å². The van der Waals surface area contributed by atoms with Gasteiger partial charge in [-0.1, -0.05) is 35.9 Å². The van der Waals surface area contributed by atoms with Crippen LogP contribution in [-0.2, 0) is 0 Å². The zero-order chi connectivity index (χ0) is 16.4. The van der Waals surface area contributed by atoms with E-state index in [1.54, 1.807) is 12.1 Å². The lowest BCUT2D eigenvalue weighted by Gasteiger charge is -2.25. The van der Waals surface area contributed by atoms with Crippen molar-refractivity contribution in [2.75, 3.05) is 6.54 Å². The van der Waals surface area contributed by atoms with E-state index in [-0.39, 0.29) is 17.5 Å². The summed E-state index contributed by atoms with van der Waals surface area (Å²) in [6.07, 6.45) is 1.90. The second-order valence-electron chi connectivity index (χ2n) is 5.95. The van der Waals surface area contributed by atoms with Gasteiger partial charge in [0.1, 0.15) is 0 Å². The Labute approximate surface area is 135 Å². The zero-order valence-corrected chi connectivity index (χ0v) is 13.0. The van der Waals surface area contributed by atoms with E-state index in [9.17, 15) is 9.59 Å². The molecule has 4 heteroatoms. The molecule has 1 fully saturated rings. The summed E-state index contributed by atoms with van der Waals surface area (Å²) in [5.41, 5.74) is 2.90. The molecule has 1 saturated heterocycles. The van der Waals surface area contributed by atoms with Crippen molar-refractivity contribution in [2.45, 2.75) is 25.8 Å². The van der Waals surface area contributed by atoms with Crippen LogP contribution in [-0.4, -0.2) is 28.4 Å². The number of hydrogen-bond acceptors (Lipinski definition) is 2. The second-order valence-corrected chi connectivity index (χ2v) is 5.95. The van der Waals surface area contributed by atoms with Gasteiger partial charge in [-0.25, -0.2) is 4.79 Å². The third kappa shape index (κ3) is 3.11. The molecule has 1 amide bonds. The van der Waals surface area contributed by atoms with Crippen molar-refractivity contribution >= 4 is 11.9 Å². The largest absolute Gasteiger partial charge is 0.478 e. The summed E-state index contributed by atoms with van der Waals surface area (Å²) in [5, 5.41) is 9.09. The molecule has 1 unspecified atom stereocenters. The number of likely N-dealkylation sites (tertiary alicyclic amines) is 1. The predicted molar refractivity (Wildman–Crippen MR) is 87.6 cm³/mol. The molecule has 23 heavy (non-hydrogen) atoms. The molecule has 1 heterocycles. The van der Waals surface area contributed by atoms with E-state index in [0.717, 1.165) is 18.4 Å². The molecule has 118 valence electrons. The lowest BCUT2D eigenvalue weighted by atomic mass is 10.0. The number of nitrogens with zero attached hydrogens (tertiary/aromatic N) is 1. The molecule has 0 spiro atoms. The molecule has 1 aliphatic heterocycles. The number of aryl methyl sites for hydroxylation is 1. The van der Waals surface area contributed by atoms with Crippen molar-refractivity contribution in [1.29, 1.82) is 0 Å². The fourth-order valence-corrected chi connectivity index (χ4v) is 3.10. The molecule has 0 aromatic heterocycles. The van der Waals surface area contributed by atoms with Gasteiger partial charge < -0.3 is 10.0 Å². The van der Waals surface area contributed by atoms with Gasteiger partial charge in [0.25, 0.3) is 5.91 Å². The number of amides is 1. The summed E-state index contributed by atoms with van der Waals surface area (Å²) in [4.78, 5) is 25.7. The number of aromatic carboxylic acids is 1. The lowest BCUT2D eigenvalue weighted by Crippen LogP contribution is -2.30. The average molecular weight is 309 g/mol. The molecule has 1 atom stereocenters. The first-order chi connectivity index (χ1) is 11.1. The number of rotatable bonds is 3. The normalized spacial score (nSPS) is 17.3. The van der Waals surface area contributed by atoms with Crippen LogP contribution in [0.4, 0.5) is 0 Å². The zero-order valence-electron chi connectivity index (χ0n) is 13.0. The Morgan fingerprint density at radius 2 is 1.78 bits per heavy atom. The molecule has 2 aromatic carbocycles. The third-order valence-electron chi connectivity index (χ3n) is 4.33. The molecule has 2 aromatic rings. The highest BCUT2D eigenvalue weighted by atomic mass is 16.4. The fraction of sp³-hybridized carbons (Fsp3) is 0.263. The minimum atomic E-state index is -1.02. The number of benzene rings is 2. The Balaban J connectivity index is 1.87. The van der Waals surface area contributed by atoms with Crippen molar-refractivity contribution in [1.82, 2.24) is 4.90 Å². The van der Waals surface area contributed by atoms with Gasteiger partial charge in [0.2, 0.25) is 0 Å². The summed E-state index contributed by atoms with van der Waals surface area (Å²) in [7, 11) is 0. The monoisotopic (exact) mass is 309 g/mol. The van der Waals surface area contributed by atoms with Crippen LogP contribution >= 0.6 is 0 Å². The maximum absolute atomic E-state index is 12.8. The van der Waals surface area contributed by atoms with E-state index in [0.29, 0.717) is 12.1 Å². The van der Waals surface area contributed by atoms with Crippen molar-refractivity contribution < 1.29 is 14.7 Å². The van der Waals surface area contributed by atoms with Crippen LogP contribution in [0.5, 0.6) is 0 Å². The predicted octanol–water partition coefficient (Wildman–Crippen LogP) is 3.67. The van der Waals surface area contributed by atoms with Gasteiger partial charge in [0.05, 0.1) is 11.6 Å². The highest BCUT2D eigenvalue weighted by Gasteiger charge is 2.30. The van der Waals surface area contributed by atoms with Crippen LogP contribution in [0.1, 0.15) is 50.7 Å². The van der Waals surface area contributed by atoms with Crippen molar-refractivity contribution in [3.05, 3.63) is 70.8 Å².